The first-order valence-corrected chi connectivity index (χ1v) is 4.68. The molecule has 0 saturated heterocycles. The van der Waals surface area contributed by atoms with Crippen LogP contribution in [0.4, 0.5) is 0 Å². The molecule has 1 saturated carbocycles. The highest BCUT2D eigenvalue weighted by Crippen LogP contribution is 2.45. The second kappa shape index (κ2) is 3.06. The minimum atomic E-state index is -0.753. The molecule has 68 valence electrons. The van der Waals surface area contributed by atoms with Gasteiger partial charge in [0, 0.05) is 18.3 Å². The highest BCUT2D eigenvalue weighted by Gasteiger charge is 2.46. The first-order chi connectivity index (χ1) is 6.18. The zero-order valence-corrected chi connectivity index (χ0v) is 8.23. The van der Waals surface area contributed by atoms with Gasteiger partial charge in [-0.25, -0.2) is 9.97 Å². The summed E-state index contributed by atoms with van der Waals surface area (Å²) < 4.78 is 0.809. The lowest BCUT2D eigenvalue weighted by atomic mass is 10.3. The summed E-state index contributed by atoms with van der Waals surface area (Å²) in [6.07, 6.45) is 3.94. The van der Waals surface area contributed by atoms with Gasteiger partial charge in [-0.3, -0.25) is 4.79 Å². The minimum absolute atomic E-state index is 0.0191. The van der Waals surface area contributed by atoms with Crippen LogP contribution in [-0.2, 0) is 4.79 Å². The predicted octanol–water partition coefficient (Wildman–Crippen LogP) is 1.43. The van der Waals surface area contributed by atoms with E-state index in [1.807, 2.05) is 0 Å². The van der Waals surface area contributed by atoms with Crippen molar-refractivity contribution in [1.29, 1.82) is 0 Å². The molecule has 0 aromatic carbocycles. The van der Waals surface area contributed by atoms with E-state index in [0.29, 0.717) is 12.2 Å². The first-order valence-electron chi connectivity index (χ1n) is 3.88. The summed E-state index contributed by atoms with van der Waals surface area (Å²) in [7, 11) is 0. The number of nitrogens with zero attached hydrogens (tertiary/aromatic N) is 2. The van der Waals surface area contributed by atoms with E-state index in [1.54, 1.807) is 12.4 Å². The second-order valence-corrected chi connectivity index (χ2v) is 3.96. The molecule has 1 N–H and O–H groups in total. The van der Waals surface area contributed by atoms with E-state index < -0.39 is 5.97 Å². The number of carbonyl (C=O) groups is 1. The normalized spacial score (nSPS) is 25.6. The third kappa shape index (κ3) is 1.70. The molecule has 1 aliphatic carbocycles. The molecule has 1 heterocycles. The molecule has 0 bridgehead atoms. The van der Waals surface area contributed by atoms with Gasteiger partial charge >= 0.3 is 5.97 Å². The SMILES string of the molecule is O=C(O)[C@@H]1C[C@H]1c1ncc(Br)cn1. The van der Waals surface area contributed by atoms with E-state index >= 15 is 0 Å². The molecular formula is C8H7BrN2O2. The fraction of sp³-hybridized carbons (Fsp3) is 0.375. The monoisotopic (exact) mass is 242 g/mol. The van der Waals surface area contributed by atoms with Gasteiger partial charge in [0.1, 0.15) is 5.82 Å². The van der Waals surface area contributed by atoms with Crippen LogP contribution >= 0.6 is 15.9 Å². The van der Waals surface area contributed by atoms with E-state index in [9.17, 15) is 4.79 Å². The van der Waals surface area contributed by atoms with Crippen LogP contribution in [0.2, 0.25) is 0 Å². The number of aliphatic carboxylic acids is 1. The van der Waals surface area contributed by atoms with Crippen LogP contribution in [0, 0.1) is 5.92 Å². The molecule has 1 aliphatic rings. The molecule has 0 aliphatic heterocycles. The topological polar surface area (TPSA) is 63.1 Å². The van der Waals surface area contributed by atoms with Crippen molar-refractivity contribution in [3.63, 3.8) is 0 Å². The maximum atomic E-state index is 10.5. The zero-order valence-electron chi connectivity index (χ0n) is 6.64. The molecule has 0 radical (unpaired) electrons. The van der Waals surface area contributed by atoms with Crippen LogP contribution in [0.5, 0.6) is 0 Å². The second-order valence-electron chi connectivity index (χ2n) is 3.05. The van der Waals surface area contributed by atoms with Crippen molar-refractivity contribution in [2.45, 2.75) is 12.3 Å². The number of hydrogen-bond donors (Lipinski definition) is 1. The highest BCUT2D eigenvalue weighted by molar-refractivity contribution is 9.10. The Kier molecular flexibility index (Phi) is 2.03. The number of aromatic nitrogens is 2. The largest absolute Gasteiger partial charge is 0.481 e. The van der Waals surface area contributed by atoms with E-state index in [-0.39, 0.29) is 11.8 Å². The summed E-state index contributed by atoms with van der Waals surface area (Å²) in [6.45, 7) is 0. The van der Waals surface area contributed by atoms with Crippen molar-refractivity contribution in [2.24, 2.45) is 5.92 Å². The molecular weight excluding hydrogens is 236 g/mol. The minimum Gasteiger partial charge on any atom is -0.481 e. The van der Waals surface area contributed by atoms with Gasteiger partial charge in [-0.15, -0.1) is 0 Å². The van der Waals surface area contributed by atoms with E-state index in [4.69, 9.17) is 5.11 Å². The van der Waals surface area contributed by atoms with Gasteiger partial charge in [0.2, 0.25) is 0 Å². The molecule has 13 heavy (non-hydrogen) atoms. The summed E-state index contributed by atoms with van der Waals surface area (Å²) >= 11 is 3.22. The van der Waals surface area contributed by atoms with Crippen LogP contribution < -0.4 is 0 Å². The summed E-state index contributed by atoms with van der Waals surface area (Å²) in [5.74, 6) is -0.376. The molecule has 2 atom stereocenters. The number of carboxylic acids is 1. The summed E-state index contributed by atoms with van der Waals surface area (Å²) in [4.78, 5) is 18.7. The average Bonchev–Trinajstić information content (AvgIpc) is 2.85. The quantitative estimate of drug-likeness (QED) is 0.853. The van der Waals surface area contributed by atoms with Crippen molar-refractivity contribution >= 4 is 21.9 Å². The Morgan fingerprint density at radius 2 is 2.15 bits per heavy atom. The molecule has 0 spiro atoms. The Morgan fingerprint density at radius 1 is 1.54 bits per heavy atom. The van der Waals surface area contributed by atoms with Gasteiger partial charge in [0.05, 0.1) is 10.4 Å². The highest BCUT2D eigenvalue weighted by atomic mass is 79.9. The number of carboxylic acid groups (broad SMARTS) is 1. The van der Waals surface area contributed by atoms with Crippen molar-refractivity contribution in [2.75, 3.05) is 0 Å². The lowest BCUT2D eigenvalue weighted by molar-refractivity contribution is -0.138. The molecule has 1 fully saturated rings. The molecule has 0 amide bonds. The predicted molar refractivity (Wildman–Crippen MR) is 48.2 cm³/mol. The zero-order chi connectivity index (χ0) is 9.42. The molecule has 1 aromatic rings. The van der Waals surface area contributed by atoms with Crippen LogP contribution in [0.3, 0.4) is 0 Å². The van der Waals surface area contributed by atoms with Crippen molar-refractivity contribution in [3.8, 4) is 0 Å². The van der Waals surface area contributed by atoms with Gasteiger partial charge in [0.15, 0.2) is 0 Å². The van der Waals surface area contributed by atoms with Gasteiger partial charge in [-0.05, 0) is 22.4 Å². The van der Waals surface area contributed by atoms with Crippen LogP contribution in [0.15, 0.2) is 16.9 Å². The Labute approximate surface area is 83.1 Å². The van der Waals surface area contributed by atoms with Gasteiger partial charge in [-0.2, -0.15) is 0 Å². The van der Waals surface area contributed by atoms with Gasteiger partial charge in [-0.1, -0.05) is 0 Å². The Bertz CT molecular complexity index is 339. The van der Waals surface area contributed by atoms with E-state index in [0.717, 1.165) is 4.47 Å². The van der Waals surface area contributed by atoms with Gasteiger partial charge < -0.3 is 5.11 Å². The van der Waals surface area contributed by atoms with Crippen molar-refractivity contribution in [1.82, 2.24) is 9.97 Å². The van der Waals surface area contributed by atoms with Crippen molar-refractivity contribution in [3.05, 3.63) is 22.7 Å². The third-order valence-electron chi connectivity index (χ3n) is 2.08. The molecule has 5 heteroatoms. The average molecular weight is 243 g/mol. The van der Waals surface area contributed by atoms with Crippen LogP contribution in [-0.4, -0.2) is 21.0 Å². The standard InChI is InChI=1S/C8H7BrN2O2/c9-4-2-10-7(11-3-4)5-1-6(5)8(12)13/h2-3,5-6H,1H2,(H,12,13)/t5-,6-/m1/s1. The third-order valence-corrected chi connectivity index (χ3v) is 2.49. The molecule has 2 rings (SSSR count). The van der Waals surface area contributed by atoms with E-state index in [1.165, 1.54) is 0 Å². The van der Waals surface area contributed by atoms with Crippen LogP contribution in [0.25, 0.3) is 0 Å². The number of rotatable bonds is 2. The summed E-state index contributed by atoms with van der Waals surface area (Å²) in [5.41, 5.74) is 0. The Morgan fingerprint density at radius 3 is 2.62 bits per heavy atom. The fourth-order valence-corrected chi connectivity index (χ4v) is 1.47. The summed E-state index contributed by atoms with van der Waals surface area (Å²) in [6, 6.07) is 0. The number of hydrogen-bond acceptors (Lipinski definition) is 3. The lowest BCUT2D eigenvalue weighted by Crippen LogP contribution is -2.01. The first kappa shape index (κ1) is 8.62. The molecule has 0 unspecified atom stereocenters. The smallest absolute Gasteiger partial charge is 0.307 e. The fourth-order valence-electron chi connectivity index (χ4n) is 1.27. The molecule has 4 nitrogen and oxygen atoms in total. The van der Waals surface area contributed by atoms with Crippen molar-refractivity contribution < 1.29 is 9.90 Å². The van der Waals surface area contributed by atoms with Gasteiger partial charge in [0.25, 0.3) is 0 Å². The Hall–Kier alpha value is -0.970. The Balaban J connectivity index is 2.12. The maximum Gasteiger partial charge on any atom is 0.307 e. The molecule has 1 aromatic heterocycles. The lowest BCUT2D eigenvalue weighted by Gasteiger charge is -1.95. The van der Waals surface area contributed by atoms with Crippen LogP contribution in [0.1, 0.15) is 18.2 Å². The number of halogens is 1. The summed E-state index contributed by atoms with van der Waals surface area (Å²) in [5, 5.41) is 8.67. The maximum absolute atomic E-state index is 10.5. The van der Waals surface area contributed by atoms with E-state index in [2.05, 4.69) is 25.9 Å².